The van der Waals surface area contributed by atoms with Gasteiger partial charge in [-0.2, -0.15) is 0 Å². The number of likely N-dealkylation sites (tertiary alicyclic amines) is 1. The van der Waals surface area contributed by atoms with E-state index in [9.17, 15) is 4.39 Å². The van der Waals surface area contributed by atoms with E-state index < -0.39 is 0 Å². The van der Waals surface area contributed by atoms with E-state index in [-0.39, 0.29) is 5.82 Å². The minimum Gasteiger partial charge on any atom is -0.356 e. The van der Waals surface area contributed by atoms with Crippen molar-refractivity contribution in [2.45, 2.75) is 44.8 Å². The minimum atomic E-state index is -0.193. The van der Waals surface area contributed by atoms with Crippen LogP contribution in [-0.4, -0.2) is 43.1 Å². The number of rotatable bonds is 6. The third-order valence-corrected chi connectivity index (χ3v) is 5.43. The van der Waals surface area contributed by atoms with Crippen LogP contribution in [0, 0.1) is 5.82 Å². The molecule has 0 saturated carbocycles. The molecule has 0 aromatic heterocycles. The second-order valence-corrected chi connectivity index (χ2v) is 7.55. The first-order chi connectivity index (χ1) is 13.6. The van der Waals surface area contributed by atoms with Crippen LogP contribution in [-0.2, 0) is 13.0 Å². The third-order valence-electron chi connectivity index (χ3n) is 5.43. The Hall–Kier alpha value is -2.40. The molecule has 2 atom stereocenters. The van der Waals surface area contributed by atoms with E-state index in [1.54, 1.807) is 7.05 Å². The molecule has 0 aliphatic carbocycles. The summed E-state index contributed by atoms with van der Waals surface area (Å²) < 4.78 is 13.0. The minimum absolute atomic E-state index is 0.193. The van der Waals surface area contributed by atoms with Gasteiger partial charge in [0.05, 0.1) is 0 Å². The van der Waals surface area contributed by atoms with Crippen molar-refractivity contribution in [3.05, 3.63) is 71.5 Å². The highest BCUT2D eigenvalue weighted by molar-refractivity contribution is 5.79. The summed E-state index contributed by atoms with van der Waals surface area (Å²) >= 11 is 0. The van der Waals surface area contributed by atoms with E-state index in [1.165, 1.54) is 17.7 Å². The van der Waals surface area contributed by atoms with Crippen LogP contribution in [0.25, 0.3) is 0 Å². The number of hydrogen-bond acceptors (Lipinski definition) is 2. The maximum atomic E-state index is 13.0. The Kier molecular flexibility index (Phi) is 7.43. The Bertz CT molecular complexity index is 745. The summed E-state index contributed by atoms with van der Waals surface area (Å²) in [6.07, 6.45) is 3.05. The first-order valence-corrected chi connectivity index (χ1v) is 10.1. The third kappa shape index (κ3) is 6.06. The number of nitrogens with one attached hydrogen (secondary N) is 2. The maximum Gasteiger partial charge on any atom is 0.191 e. The van der Waals surface area contributed by atoms with Crippen molar-refractivity contribution in [2.24, 2.45) is 4.99 Å². The molecule has 3 rings (SSSR count). The monoisotopic (exact) mass is 382 g/mol. The standard InChI is InChI=1S/C23H31FN4/c1-18-16-22(13-15-28(18)17-20-6-4-3-5-7-20)27-23(25-2)26-14-12-19-8-10-21(24)11-9-19/h3-11,18,22H,12-17H2,1-2H3,(H2,25,26,27). The van der Waals surface area contributed by atoms with Gasteiger partial charge in [0.2, 0.25) is 0 Å². The van der Waals surface area contributed by atoms with Crippen molar-refractivity contribution in [1.29, 1.82) is 0 Å². The van der Waals surface area contributed by atoms with Gasteiger partial charge in [0.1, 0.15) is 5.82 Å². The molecule has 28 heavy (non-hydrogen) atoms. The van der Waals surface area contributed by atoms with Crippen molar-refractivity contribution in [3.8, 4) is 0 Å². The molecule has 1 fully saturated rings. The van der Waals surface area contributed by atoms with Crippen molar-refractivity contribution >= 4 is 5.96 Å². The van der Waals surface area contributed by atoms with Crippen LogP contribution in [0.1, 0.15) is 30.9 Å². The number of halogens is 1. The van der Waals surface area contributed by atoms with Gasteiger partial charge in [-0.05, 0) is 49.4 Å². The average molecular weight is 383 g/mol. The largest absolute Gasteiger partial charge is 0.356 e. The molecule has 2 unspecified atom stereocenters. The second-order valence-electron chi connectivity index (χ2n) is 7.55. The molecular formula is C23H31FN4. The number of benzene rings is 2. The number of nitrogens with zero attached hydrogens (tertiary/aromatic N) is 2. The molecule has 1 saturated heterocycles. The summed E-state index contributed by atoms with van der Waals surface area (Å²) in [6.45, 7) is 5.18. The lowest BCUT2D eigenvalue weighted by atomic mass is 9.97. The Labute approximate surface area is 167 Å². The van der Waals surface area contributed by atoms with Crippen molar-refractivity contribution < 1.29 is 4.39 Å². The molecule has 2 aromatic rings. The predicted octanol–water partition coefficient (Wildman–Crippen LogP) is 3.59. The molecular weight excluding hydrogens is 351 g/mol. The first-order valence-electron chi connectivity index (χ1n) is 10.1. The second kappa shape index (κ2) is 10.2. The highest BCUT2D eigenvalue weighted by Crippen LogP contribution is 2.19. The molecule has 5 heteroatoms. The molecule has 4 nitrogen and oxygen atoms in total. The summed E-state index contributed by atoms with van der Waals surface area (Å²) in [5.74, 6) is 0.651. The Morgan fingerprint density at radius 2 is 1.86 bits per heavy atom. The molecule has 1 aliphatic heterocycles. The number of aliphatic imine (C=N–C) groups is 1. The SMILES string of the molecule is CN=C(NCCc1ccc(F)cc1)NC1CCN(Cc2ccccc2)C(C)C1. The van der Waals surface area contributed by atoms with E-state index in [0.29, 0.717) is 12.1 Å². The average Bonchev–Trinajstić information content (AvgIpc) is 2.71. The molecule has 0 amide bonds. The fourth-order valence-electron chi connectivity index (χ4n) is 3.77. The Balaban J connectivity index is 1.42. The van der Waals surface area contributed by atoms with E-state index in [1.807, 2.05) is 12.1 Å². The molecule has 2 aromatic carbocycles. The summed E-state index contributed by atoms with van der Waals surface area (Å²) in [7, 11) is 1.81. The van der Waals surface area contributed by atoms with Gasteiger partial charge in [-0.15, -0.1) is 0 Å². The molecule has 0 bridgehead atoms. The van der Waals surface area contributed by atoms with Gasteiger partial charge in [0.25, 0.3) is 0 Å². The van der Waals surface area contributed by atoms with E-state index in [4.69, 9.17) is 0 Å². The lowest BCUT2D eigenvalue weighted by molar-refractivity contribution is 0.134. The Morgan fingerprint density at radius 3 is 2.54 bits per heavy atom. The summed E-state index contributed by atoms with van der Waals surface area (Å²) in [5.41, 5.74) is 2.49. The normalized spacial score (nSPS) is 20.8. The first kappa shape index (κ1) is 20.3. The fourth-order valence-corrected chi connectivity index (χ4v) is 3.77. The van der Waals surface area contributed by atoms with Crippen LogP contribution in [0.15, 0.2) is 59.6 Å². The van der Waals surface area contributed by atoms with Crippen LogP contribution in [0.2, 0.25) is 0 Å². The van der Waals surface area contributed by atoms with E-state index in [0.717, 1.165) is 50.4 Å². The summed E-state index contributed by atoms with van der Waals surface area (Å²) in [4.78, 5) is 6.91. The van der Waals surface area contributed by atoms with Crippen LogP contribution in [0.5, 0.6) is 0 Å². The van der Waals surface area contributed by atoms with Gasteiger partial charge in [-0.3, -0.25) is 9.89 Å². The lowest BCUT2D eigenvalue weighted by Gasteiger charge is -2.38. The zero-order chi connectivity index (χ0) is 19.8. The fraction of sp³-hybridized carbons (Fsp3) is 0.435. The van der Waals surface area contributed by atoms with E-state index >= 15 is 0 Å². The van der Waals surface area contributed by atoms with Crippen molar-refractivity contribution in [2.75, 3.05) is 20.1 Å². The highest BCUT2D eigenvalue weighted by Gasteiger charge is 2.25. The van der Waals surface area contributed by atoms with Gasteiger partial charge in [0, 0.05) is 38.8 Å². The molecule has 0 spiro atoms. The van der Waals surface area contributed by atoms with Crippen LogP contribution in [0.4, 0.5) is 4.39 Å². The number of guanidine groups is 1. The molecule has 0 radical (unpaired) electrons. The molecule has 1 aliphatic rings. The van der Waals surface area contributed by atoms with Crippen LogP contribution >= 0.6 is 0 Å². The zero-order valence-corrected chi connectivity index (χ0v) is 16.9. The van der Waals surface area contributed by atoms with Crippen LogP contribution < -0.4 is 10.6 Å². The van der Waals surface area contributed by atoms with Crippen molar-refractivity contribution in [1.82, 2.24) is 15.5 Å². The molecule has 2 N–H and O–H groups in total. The van der Waals surface area contributed by atoms with E-state index in [2.05, 4.69) is 57.8 Å². The van der Waals surface area contributed by atoms with Crippen molar-refractivity contribution in [3.63, 3.8) is 0 Å². The van der Waals surface area contributed by atoms with Gasteiger partial charge < -0.3 is 10.6 Å². The van der Waals surface area contributed by atoms with Crippen LogP contribution in [0.3, 0.4) is 0 Å². The molecule has 1 heterocycles. The topological polar surface area (TPSA) is 39.7 Å². The lowest BCUT2D eigenvalue weighted by Crippen LogP contribution is -2.51. The number of hydrogen-bond donors (Lipinski definition) is 2. The summed E-state index contributed by atoms with van der Waals surface area (Å²) in [6, 6.07) is 18.3. The Morgan fingerprint density at radius 1 is 1.11 bits per heavy atom. The van der Waals surface area contributed by atoms with Gasteiger partial charge in [-0.25, -0.2) is 4.39 Å². The van der Waals surface area contributed by atoms with Gasteiger partial charge in [-0.1, -0.05) is 42.5 Å². The summed E-state index contributed by atoms with van der Waals surface area (Å²) in [5, 5.41) is 6.95. The smallest absolute Gasteiger partial charge is 0.191 e. The molecule has 150 valence electrons. The maximum absolute atomic E-state index is 13.0. The van der Waals surface area contributed by atoms with Gasteiger partial charge >= 0.3 is 0 Å². The quantitative estimate of drug-likeness (QED) is 0.593. The number of piperidine rings is 1. The zero-order valence-electron chi connectivity index (χ0n) is 16.9. The van der Waals surface area contributed by atoms with Gasteiger partial charge in [0.15, 0.2) is 5.96 Å². The predicted molar refractivity (Wildman–Crippen MR) is 114 cm³/mol. The highest BCUT2D eigenvalue weighted by atomic mass is 19.1.